The first-order chi connectivity index (χ1) is 8.88. The first-order valence-electron chi connectivity index (χ1n) is 7.94. The Morgan fingerprint density at radius 2 is 1.56 bits per heavy atom. The van der Waals surface area contributed by atoms with Gasteiger partial charge in [0.15, 0.2) is 0 Å². The topological polar surface area (TPSA) is 6.48 Å². The van der Waals surface area contributed by atoms with Crippen molar-refractivity contribution in [3.05, 3.63) is 0 Å². The molecular weight excluding hydrogens is 240 g/mol. The molecule has 3 heteroatoms. The van der Waals surface area contributed by atoms with Gasteiger partial charge < -0.3 is 9.80 Å². The molecule has 2 aliphatic rings. The molecule has 0 atom stereocenters. The number of rotatable bonds is 7. The van der Waals surface area contributed by atoms with Gasteiger partial charge in [-0.2, -0.15) is 12.6 Å². The highest BCUT2D eigenvalue weighted by Crippen LogP contribution is 2.20. The lowest BCUT2D eigenvalue weighted by Gasteiger charge is -2.33. The molecule has 0 aromatic heterocycles. The molecule has 0 bridgehead atoms. The first kappa shape index (κ1) is 14.7. The Morgan fingerprint density at radius 3 is 2.22 bits per heavy atom. The minimum Gasteiger partial charge on any atom is -0.303 e. The molecular formula is C15H30N2S. The molecule has 0 aromatic rings. The third-order valence-electron chi connectivity index (χ3n) is 4.55. The van der Waals surface area contributed by atoms with Crippen molar-refractivity contribution in [2.75, 3.05) is 45.0 Å². The SMILES string of the molecule is SCCCCCN1CCC(CN2CCCC2)CC1. The number of thiol groups is 1. The van der Waals surface area contributed by atoms with Crippen LogP contribution in [0, 0.1) is 5.92 Å². The average molecular weight is 270 g/mol. The Hall–Kier alpha value is 0.270. The van der Waals surface area contributed by atoms with E-state index in [2.05, 4.69) is 22.4 Å². The van der Waals surface area contributed by atoms with Crippen LogP contribution >= 0.6 is 12.6 Å². The second-order valence-electron chi connectivity index (χ2n) is 6.08. The number of hydrogen-bond donors (Lipinski definition) is 1. The maximum atomic E-state index is 4.27. The van der Waals surface area contributed by atoms with E-state index in [4.69, 9.17) is 0 Å². The van der Waals surface area contributed by atoms with Crippen LogP contribution in [0.3, 0.4) is 0 Å². The van der Waals surface area contributed by atoms with E-state index in [1.54, 1.807) is 0 Å². The summed E-state index contributed by atoms with van der Waals surface area (Å²) in [7, 11) is 0. The highest BCUT2D eigenvalue weighted by molar-refractivity contribution is 7.80. The molecule has 2 aliphatic heterocycles. The summed E-state index contributed by atoms with van der Waals surface area (Å²) in [6.07, 6.45) is 9.75. The quantitative estimate of drug-likeness (QED) is 0.561. The van der Waals surface area contributed by atoms with Gasteiger partial charge >= 0.3 is 0 Å². The summed E-state index contributed by atoms with van der Waals surface area (Å²) in [5.41, 5.74) is 0. The zero-order valence-electron chi connectivity index (χ0n) is 11.8. The minimum atomic E-state index is 0.983. The molecule has 0 aliphatic carbocycles. The molecule has 2 nitrogen and oxygen atoms in total. The van der Waals surface area contributed by atoms with Gasteiger partial charge in [-0.1, -0.05) is 6.42 Å². The number of unbranched alkanes of at least 4 members (excludes halogenated alkanes) is 2. The fourth-order valence-electron chi connectivity index (χ4n) is 3.35. The van der Waals surface area contributed by atoms with Crippen LogP contribution < -0.4 is 0 Å². The Labute approximate surface area is 119 Å². The molecule has 0 unspecified atom stereocenters. The van der Waals surface area contributed by atoms with Crippen LogP contribution in [0.15, 0.2) is 0 Å². The van der Waals surface area contributed by atoms with Gasteiger partial charge in [-0.15, -0.1) is 0 Å². The Bertz CT molecular complexity index is 209. The summed E-state index contributed by atoms with van der Waals surface area (Å²) in [6, 6.07) is 0. The summed E-state index contributed by atoms with van der Waals surface area (Å²) in [5, 5.41) is 0. The Kier molecular flexibility index (Phi) is 6.88. The predicted molar refractivity (Wildman–Crippen MR) is 82.5 cm³/mol. The first-order valence-corrected chi connectivity index (χ1v) is 8.57. The molecule has 0 radical (unpaired) electrons. The maximum absolute atomic E-state index is 4.27. The highest BCUT2D eigenvalue weighted by Gasteiger charge is 2.22. The van der Waals surface area contributed by atoms with Crippen molar-refractivity contribution in [3.63, 3.8) is 0 Å². The van der Waals surface area contributed by atoms with Gasteiger partial charge in [0.2, 0.25) is 0 Å². The summed E-state index contributed by atoms with van der Waals surface area (Å²) in [5.74, 6) is 2.04. The van der Waals surface area contributed by atoms with E-state index in [0.29, 0.717) is 0 Å². The fourth-order valence-corrected chi connectivity index (χ4v) is 3.57. The zero-order valence-corrected chi connectivity index (χ0v) is 12.7. The summed E-state index contributed by atoms with van der Waals surface area (Å²) >= 11 is 4.27. The van der Waals surface area contributed by atoms with E-state index in [1.807, 2.05) is 0 Å². The van der Waals surface area contributed by atoms with Crippen molar-refractivity contribution >= 4 is 12.6 Å². The molecule has 0 N–H and O–H groups in total. The van der Waals surface area contributed by atoms with E-state index in [0.717, 1.165) is 11.7 Å². The monoisotopic (exact) mass is 270 g/mol. The van der Waals surface area contributed by atoms with Crippen LogP contribution in [0.25, 0.3) is 0 Å². The standard InChI is InChI=1S/C15H30N2S/c18-13-5-1-2-8-16-11-6-15(7-12-16)14-17-9-3-4-10-17/h15,18H,1-14H2. The Balaban J connectivity index is 1.53. The van der Waals surface area contributed by atoms with E-state index in [9.17, 15) is 0 Å². The van der Waals surface area contributed by atoms with Gasteiger partial charge in [0, 0.05) is 6.54 Å². The van der Waals surface area contributed by atoms with Crippen LogP contribution in [0.1, 0.15) is 44.9 Å². The smallest absolute Gasteiger partial charge is 0.00106 e. The van der Waals surface area contributed by atoms with Crippen LogP contribution in [0.2, 0.25) is 0 Å². The van der Waals surface area contributed by atoms with Gasteiger partial charge in [0.1, 0.15) is 0 Å². The van der Waals surface area contributed by atoms with Crippen molar-refractivity contribution in [1.29, 1.82) is 0 Å². The zero-order chi connectivity index (χ0) is 12.6. The van der Waals surface area contributed by atoms with Crippen molar-refractivity contribution in [2.45, 2.75) is 44.9 Å². The van der Waals surface area contributed by atoms with Gasteiger partial charge in [-0.3, -0.25) is 0 Å². The average Bonchev–Trinajstić information content (AvgIpc) is 2.89. The number of likely N-dealkylation sites (tertiary alicyclic amines) is 2. The summed E-state index contributed by atoms with van der Waals surface area (Å²) in [4.78, 5) is 5.37. The summed E-state index contributed by atoms with van der Waals surface area (Å²) < 4.78 is 0. The lowest BCUT2D eigenvalue weighted by Crippen LogP contribution is -2.38. The molecule has 0 spiro atoms. The third-order valence-corrected chi connectivity index (χ3v) is 4.87. The normalized spacial score (nSPS) is 23.8. The number of hydrogen-bond acceptors (Lipinski definition) is 3. The van der Waals surface area contributed by atoms with Crippen molar-refractivity contribution < 1.29 is 0 Å². The fraction of sp³-hybridized carbons (Fsp3) is 1.00. The lowest BCUT2D eigenvalue weighted by atomic mass is 9.96. The number of piperidine rings is 1. The number of nitrogens with zero attached hydrogens (tertiary/aromatic N) is 2. The molecule has 0 aromatic carbocycles. The molecule has 18 heavy (non-hydrogen) atoms. The van der Waals surface area contributed by atoms with Gasteiger partial charge in [0.25, 0.3) is 0 Å². The third kappa shape index (κ3) is 5.10. The predicted octanol–water partition coefficient (Wildman–Crippen LogP) is 2.89. The second-order valence-corrected chi connectivity index (χ2v) is 6.52. The van der Waals surface area contributed by atoms with Gasteiger partial charge in [0.05, 0.1) is 0 Å². The Morgan fingerprint density at radius 1 is 0.833 bits per heavy atom. The molecule has 2 heterocycles. The minimum absolute atomic E-state index is 0.983. The van der Waals surface area contributed by atoms with Crippen molar-refractivity contribution in [3.8, 4) is 0 Å². The molecule has 0 amide bonds. The van der Waals surface area contributed by atoms with Crippen LogP contribution in [-0.4, -0.2) is 54.8 Å². The molecule has 2 fully saturated rings. The van der Waals surface area contributed by atoms with Crippen molar-refractivity contribution in [2.24, 2.45) is 5.92 Å². The molecule has 106 valence electrons. The molecule has 2 saturated heterocycles. The molecule has 0 saturated carbocycles. The van der Waals surface area contributed by atoms with Crippen molar-refractivity contribution in [1.82, 2.24) is 9.80 Å². The van der Waals surface area contributed by atoms with Crippen LogP contribution in [0.4, 0.5) is 0 Å². The van der Waals surface area contributed by atoms with Crippen LogP contribution in [0.5, 0.6) is 0 Å². The van der Waals surface area contributed by atoms with Gasteiger partial charge in [-0.05, 0) is 82.9 Å². The molecule has 2 rings (SSSR count). The van der Waals surface area contributed by atoms with E-state index < -0.39 is 0 Å². The van der Waals surface area contributed by atoms with E-state index >= 15 is 0 Å². The highest BCUT2D eigenvalue weighted by atomic mass is 32.1. The van der Waals surface area contributed by atoms with Gasteiger partial charge in [-0.25, -0.2) is 0 Å². The second kappa shape index (κ2) is 8.44. The maximum Gasteiger partial charge on any atom is 0.00106 e. The summed E-state index contributed by atoms with van der Waals surface area (Å²) in [6.45, 7) is 8.13. The van der Waals surface area contributed by atoms with E-state index in [1.165, 1.54) is 84.2 Å². The lowest BCUT2D eigenvalue weighted by molar-refractivity contribution is 0.152. The van der Waals surface area contributed by atoms with Crippen LogP contribution in [-0.2, 0) is 0 Å². The van der Waals surface area contributed by atoms with E-state index in [-0.39, 0.29) is 0 Å². The largest absolute Gasteiger partial charge is 0.303 e.